The standard InChI is InChI=1S/C14H18N2O2/c1-5-7-8-11(6-2)13-12(10(3)17)9-15-16(4)14(13)18/h5-10,17H,2H2,1,3-4H3/b7-5-,11-8+. The van der Waals surface area contributed by atoms with Crippen molar-refractivity contribution in [3.63, 3.8) is 0 Å². The van der Waals surface area contributed by atoms with Crippen LogP contribution in [0.4, 0.5) is 0 Å². The average molecular weight is 246 g/mol. The number of rotatable bonds is 4. The highest BCUT2D eigenvalue weighted by Crippen LogP contribution is 2.21. The second kappa shape index (κ2) is 6.12. The summed E-state index contributed by atoms with van der Waals surface area (Å²) < 4.78 is 1.24. The van der Waals surface area contributed by atoms with Gasteiger partial charge in [-0.2, -0.15) is 5.10 Å². The number of nitrogens with zero attached hydrogens (tertiary/aromatic N) is 2. The van der Waals surface area contributed by atoms with Crippen LogP contribution in [0.5, 0.6) is 0 Å². The third-order valence-corrected chi connectivity index (χ3v) is 2.59. The van der Waals surface area contributed by atoms with E-state index in [2.05, 4.69) is 11.7 Å². The summed E-state index contributed by atoms with van der Waals surface area (Å²) in [6.45, 7) is 7.20. The molecule has 1 rings (SSSR count). The largest absolute Gasteiger partial charge is 0.389 e. The third-order valence-electron chi connectivity index (χ3n) is 2.59. The number of allylic oxidation sites excluding steroid dienone is 5. The van der Waals surface area contributed by atoms with Crippen molar-refractivity contribution in [2.75, 3.05) is 0 Å². The molecule has 0 aliphatic carbocycles. The summed E-state index contributed by atoms with van der Waals surface area (Å²) in [4.78, 5) is 12.1. The Morgan fingerprint density at radius 1 is 1.61 bits per heavy atom. The van der Waals surface area contributed by atoms with Crippen LogP contribution in [0.25, 0.3) is 5.57 Å². The molecule has 0 radical (unpaired) electrons. The minimum atomic E-state index is -0.754. The van der Waals surface area contributed by atoms with Gasteiger partial charge in [-0.25, -0.2) is 4.68 Å². The Kier molecular flexibility index (Phi) is 4.80. The molecule has 1 unspecified atom stereocenters. The highest BCUT2D eigenvalue weighted by Gasteiger charge is 2.15. The van der Waals surface area contributed by atoms with Gasteiger partial charge in [0.1, 0.15) is 0 Å². The lowest BCUT2D eigenvalue weighted by Gasteiger charge is -2.12. The quantitative estimate of drug-likeness (QED) is 0.826. The Labute approximate surface area is 107 Å². The van der Waals surface area contributed by atoms with E-state index in [0.717, 1.165) is 0 Å². The van der Waals surface area contributed by atoms with Crippen LogP contribution in [0.2, 0.25) is 0 Å². The number of hydrogen-bond donors (Lipinski definition) is 1. The molecular weight excluding hydrogens is 228 g/mol. The molecule has 1 aromatic rings. The van der Waals surface area contributed by atoms with Gasteiger partial charge in [0.05, 0.1) is 17.9 Å². The summed E-state index contributed by atoms with van der Waals surface area (Å²) in [5, 5.41) is 13.6. The monoisotopic (exact) mass is 246 g/mol. The van der Waals surface area contributed by atoms with Crippen molar-refractivity contribution < 1.29 is 5.11 Å². The molecule has 18 heavy (non-hydrogen) atoms. The van der Waals surface area contributed by atoms with Crippen LogP contribution >= 0.6 is 0 Å². The molecule has 1 atom stereocenters. The molecule has 1 N–H and O–H groups in total. The molecule has 96 valence electrons. The number of aromatic nitrogens is 2. The van der Waals surface area contributed by atoms with E-state index in [0.29, 0.717) is 16.7 Å². The van der Waals surface area contributed by atoms with E-state index < -0.39 is 6.10 Å². The number of aliphatic hydroxyl groups is 1. The fraction of sp³-hybridized carbons (Fsp3) is 0.286. The molecule has 0 saturated carbocycles. The lowest BCUT2D eigenvalue weighted by atomic mass is 9.99. The lowest BCUT2D eigenvalue weighted by Crippen LogP contribution is -2.25. The Bertz CT molecular complexity index is 551. The number of hydrogen-bond acceptors (Lipinski definition) is 3. The summed E-state index contributed by atoms with van der Waals surface area (Å²) in [6, 6.07) is 0. The van der Waals surface area contributed by atoms with Crippen molar-refractivity contribution >= 4 is 5.57 Å². The first-order chi connectivity index (χ1) is 8.52. The molecule has 0 aromatic carbocycles. The zero-order valence-corrected chi connectivity index (χ0v) is 10.9. The molecule has 0 spiro atoms. The van der Waals surface area contributed by atoms with Crippen LogP contribution in [0, 0.1) is 0 Å². The van der Waals surface area contributed by atoms with E-state index in [4.69, 9.17) is 0 Å². The molecule has 1 aromatic heterocycles. The van der Waals surface area contributed by atoms with Gasteiger partial charge in [-0.15, -0.1) is 0 Å². The van der Waals surface area contributed by atoms with Gasteiger partial charge in [-0.3, -0.25) is 4.79 Å². The van der Waals surface area contributed by atoms with E-state index in [1.54, 1.807) is 26.1 Å². The first-order valence-corrected chi connectivity index (χ1v) is 5.73. The average Bonchev–Trinajstić information content (AvgIpc) is 2.34. The maximum absolute atomic E-state index is 12.1. The summed E-state index contributed by atoms with van der Waals surface area (Å²) in [5.41, 5.74) is 1.38. The number of aryl methyl sites for hydroxylation is 1. The lowest BCUT2D eigenvalue weighted by molar-refractivity contribution is 0.198. The summed E-state index contributed by atoms with van der Waals surface area (Å²) >= 11 is 0. The smallest absolute Gasteiger partial charge is 0.274 e. The van der Waals surface area contributed by atoms with Crippen molar-refractivity contribution in [3.8, 4) is 0 Å². The third kappa shape index (κ3) is 2.84. The van der Waals surface area contributed by atoms with E-state index in [1.165, 1.54) is 10.9 Å². The highest BCUT2D eigenvalue weighted by molar-refractivity contribution is 5.76. The van der Waals surface area contributed by atoms with Crippen LogP contribution in [-0.2, 0) is 7.05 Å². The van der Waals surface area contributed by atoms with Crippen molar-refractivity contribution in [3.05, 3.63) is 58.6 Å². The minimum absolute atomic E-state index is 0.246. The van der Waals surface area contributed by atoms with Gasteiger partial charge in [0.15, 0.2) is 0 Å². The van der Waals surface area contributed by atoms with Gasteiger partial charge in [0, 0.05) is 12.6 Å². The van der Waals surface area contributed by atoms with Crippen LogP contribution in [0.1, 0.15) is 31.1 Å². The van der Waals surface area contributed by atoms with Crippen molar-refractivity contribution in [2.45, 2.75) is 20.0 Å². The second-order valence-corrected chi connectivity index (χ2v) is 3.93. The van der Waals surface area contributed by atoms with Gasteiger partial charge >= 0.3 is 0 Å². The van der Waals surface area contributed by atoms with Crippen LogP contribution in [0.3, 0.4) is 0 Å². The normalized spacial score (nSPS) is 13.9. The Hall–Kier alpha value is -1.94. The topological polar surface area (TPSA) is 55.1 Å². The van der Waals surface area contributed by atoms with E-state index in [1.807, 2.05) is 19.1 Å². The maximum atomic E-state index is 12.1. The molecule has 0 saturated heterocycles. The van der Waals surface area contributed by atoms with Crippen molar-refractivity contribution in [1.29, 1.82) is 0 Å². The molecule has 0 bridgehead atoms. The molecule has 0 aliphatic heterocycles. The van der Waals surface area contributed by atoms with Crippen LogP contribution < -0.4 is 5.56 Å². The Morgan fingerprint density at radius 2 is 2.28 bits per heavy atom. The van der Waals surface area contributed by atoms with E-state index in [9.17, 15) is 9.90 Å². The number of aliphatic hydroxyl groups excluding tert-OH is 1. The minimum Gasteiger partial charge on any atom is -0.389 e. The molecule has 0 aliphatic rings. The van der Waals surface area contributed by atoms with Crippen molar-refractivity contribution in [1.82, 2.24) is 9.78 Å². The van der Waals surface area contributed by atoms with Crippen molar-refractivity contribution in [2.24, 2.45) is 7.05 Å². The molecule has 4 heteroatoms. The first kappa shape index (κ1) is 14.1. The predicted molar refractivity (Wildman–Crippen MR) is 73.1 cm³/mol. The SMILES string of the molecule is C=C/C(=C\C=C/C)c1c(C(C)O)cnn(C)c1=O. The molecule has 0 amide bonds. The van der Waals surface area contributed by atoms with Gasteiger partial charge in [-0.05, 0) is 19.4 Å². The maximum Gasteiger partial charge on any atom is 0.274 e. The van der Waals surface area contributed by atoms with E-state index >= 15 is 0 Å². The Morgan fingerprint density at radius 3 is 2.78 bits per heavy atom. The highest BCUT2D eigenvalue weighted by atomic mass is 16.3. The van der Waals surface area contributed by atoms with Gasteiger partial charge < -0.3 is 5.11 Å². The summed E-state index contributed by atoms with van der Waals surface area (Å²) in [5.74, 6) is 0. The zero-order chi connectivity index (χ0) is 13.7. The van der Waals surface area contributed by atoms with E-state index in [-0.39, 0.29) is 5.56 Å². The van der Waals surface area contributed by atoms with Gasteiger partial charge in [0.25, 0.3) is 5.56 Å². The van der Waals surface area contributed by atoms with Gasteiger partial charge in [0.2, 0.25) is 0 Å². The first-order valence-electron chi connectivity index (χ1n) is 5.73. The summed E-state index contributed by atoms with van der Waals surface area (Å²) in [7, 11) is 1.58. The Balaban J connectivity index is 3.59. The second-order valence-electron chi connectivity index (χ2n) is 3.93. The predicted octanol–water partition coefficient (Wildman–Crippen LogP) is 1.98. The van der Waals surface area contributed by atoms with Crippen LogP contribution in [-0.4, -0.2) is 14.9 Å². The summed E-state index contributed by atoms with van der Waals surface area (Å²) in [6.07, 6.45) is 7.82. The molecule has 1 heterocycles. The molecular formula is C14H18N2O2. The zero-order valence-electron chi connectivity index (χ0n) is 10.9. The van der Waals surface area contributed by atoms with Crippen LogP contribution in [0.15, 0.2) is 41.9 Å². The molecule has 0 fully saturated rings. The van der Waals surface area contributed by atoms with Gasteiger partial charge in [-0.1, -0.05) is 30.9 Å². The fourth-order valence-corrected chi connectivity index (χ4v) is 1.61. The molecule has 4 nitrogen and oxygen atoms in total. The fourth-order valence-electron chi connectivity index (χ4n) is 1.61.